The minimum atomic E-state index is -4.58. The van der Waals surface area contributed by atoms with Gasteiger partial charge < -0.3 is 20.1 Å². The third kappa shape index (κ3) is 3.81. The zero-order chi connectivity index (χ0) is 21.7. The van der Waals surface area contributed by atoms with Gasteiger partial charge in [-0.3, -0.25) is 4.68 Å². The highest BCUT2D eigenvalue weighted by atomic mass is 19.3. The molecule has 0 radical (unpaired) electrons. The number of carbonyl (C=O) groups excluding carboxylic acids is 2. The van der Waals surface area contributed by atoms with Gasteiger partial charge in [-0.15, -0.1) is 0 Å². The van der Waals surface area contributed by atoms with Gasteiger partial charge in [-0.1, -0.05) is 0 Å². The second kappa shape index (κ2) is 6.83. The number of nitrogens with one attached hydrogen (secondary N) is 1. The third-order valence-electron chi connectivity index (χ3n) is 4.45. The van der Waals surface area contributed by atoms with E-state index in [9.17, 15) is 23.2 Å². The molecule has 2 bridgehead atoms. The molecule has 160 valence electrons. The molecule has 0 aromatic carbocycles. The number of aryl methyl sites for hydroxylation is 1. The summed E-state index contributed by atoms with van der Waals surface area (Å²) in [5, 5.41) is 15.6. The molecular weight excluding hydrogens is 396 g/mol. The molecular formula is C16H21F2N5O6. The molecule has 2 aliphatic rings. The lowest BCUT2D eigenvalue weighted by Gasteiger charge is -2.31. The highest BCUT2D eigenvalue weighted by Crippen LogP contribution is 2.44. The van der Waals surface area contributed by atoms with Crippen LogP contribution in [0, 0.1) is 0 Å². The molecule has 0 saturated carbocycles. The normalized spacial score (nSPS) is 21.2. The second-order valence-corrected chi connectivity index (χ2v) is 7.70. The van der Waals surface area contributed by atoms with Gasteiger partial charge in [0.25, 0.3) is 0 Å². The summed E-state index contributed by atoms with van der Waals surface area (Å²) in [6, 6.07) is -2.64. The van der Waals surface area contributed by atoms with Crippen molar-refractivity contribution in [1.82, 2.24) is 25.1 Å². The summed E-state index contributed by atoms with van der Waals surface area (Å²) in [5.41, 5.74) is 0.206. The molecule has 1 aromatic rings. The Kier molecular flexibility index (Phi) is 4.89. The smallest absolute Gasteiger partial charge is 0.475 e. The molecule has 3 rings (SSSR count). The number of ether oxygens (including phenoxy) is 1. The van der Waals surface area contributed by atoms with E-state index in [1.165, 1.54) is 15.8 Å². The lowest BCUT2D eigenvalue weighted by molar-refractivity contribution is -0.328. The van der Waals surface area contributed by atoms with E-state index in [-0.39, 0.29) is 13.1 Å². The number of urea groups is 1. The van der Waals surface area contributed by atoms with Gasteiger partial charge in [0.1, 0.15) is 11.6 Å². The lowest BCUT2D eigenvalue weighted by Crippen LogP contribution is -2.44. The van der Waals surface area contributed by atoms with E-state index in [1.807, 2.05) is 0 Å². The lowest BCUT2D eigenvalue weighted by atomic mass is 9.98. The molecule has 1 fully saturated rings. The molecule has 0 aliphatic carbocycles. The monoisotopic (exact) mass is 417 g/mol. The maximum atomic E-state index is 13.6. The molecule has 2 aliphatic heterocycles. The Morgan fingerprint density at radius 3 is 2.62 bits per heavy atom. The van der Waals surface area contributed by atoms with E-state index in [0.29, 0.717) is 16.3 Å². The van der Waals surface area contributed by atoms with Crippen molar-refractivity contribution in [2.24, 2.45) is 7.05 Å². The van der Waals surface area contributed by atoms with Crippen molar-refractivity contribution >= 4 is 18.1 Å². The number of fused-ring (bicyclic) bond motifs is 4. The van der Waals surface area contributed by atoms with E-state index in [2.05, 4.69) is 15.3 Å². The number of hydrogen-bond acceptors (Lipinski definition) is 6. The average Bonchev–Trinajstić information content (AvgIpc) is 3.08. The number of aliphatic carboxylic acids is 1. The predicted molar refractivity (Wildman–Crippen MR) is 90.5 cm³/mol. The number of carbonyl (C=O) groups is 3. The molecule has 2 N–H and O–H groups in total. The first-order chi connectivity index (χ1) is 13.3. The van der Waals surface area contributed by atoms with Crippen molar-refractivity contribution in [3.63, 3.8) is 0 Å². The van der Waals surface area contributed by atoms with E-state index in [4.69, 9.17) is 9.84 Å². The van der Waals surface area contributed by atoms with Gasteiger partial charge in [-0.2, -0.15) is 23.8 Å². The Morgan fingerprint density at radius 1 is 1.38 bits per heavy atom. The average molecular weight is 417 g/mol. The number of rotatable bonds is 5. The highest BCUT2D eigenvalue weighted by molar-refractivity contribution is 5.79. The fourth-order valence-electron chi connectivity index (χ4n) is 3.33. The predicted octanol–water partition coefficient (Wildman–Crippen LogP) is 1.39. The summed E-state index contributed by atoms with van der Waals surface area (Å²) in [6.45, 7) is 4.98. The summed E-state index contributed by atoms with van der Waals surface area (Å²) in [6.07, 6.45) is -3.90. The first-order valence-electron chi connectivity index (χ1n) is 8.70. The zero-order valence-electron chi connectivity index (χ0n) is 16.2. The summed E-state index contributed by atoms with van der Waals surface area (Å²) in [7, 11) is 1.60. The van der Waals surface area contributed by atoms with Crippen LogP contribution in [0.2, 0.25) is 0 Å². The number of amides is 3. The molecule has 1 saturated heterocycles. The number of hydroxylamine groups is 2. The molecule has 29 heavy (non-hydrogen) atoms. The van der Waals surface area contributed by atoms with Crippen molar-refractivity contribution in [3.8, 4) is 0 Å². The second-order valence-electron chi connectivity index (χ2n) is 7.70. The van der Waals surface area contributed by atoms with Crippen LogP contribution in [0.25, 0.3) is 0 Å². The van der Waals surface area contributed by atoms with Crippen LogP contribution in [-0.2, 0) is 21.4 Å². The van der Waals surface area contributed by atoms with Crippen LogP contribution in [0.15, 0.2) is 6.20 Å². The summed E-state index contributed by atoms with van der Waals surface area (Å²) >= 11 is 0. The largest absolute Gasteiger partial charge is 0.476 e. The van der Waals surface area contributed by atoms with Crippen LogP contribution in [0.5, 0.6) is 0 Å². The number of aromatic nitrogens is 2. The first-order valence-corrected chi connectivity index (χ1v) is 8.70. The van der Waals surface area contributed by atoms with Crippen LogP contribution >= 0.6 is 0 Å². The van der Waals surface area contributed by atoms with Crippen molar-refractivity contribution in [2.75, 3.05) is 13.1 Å². The highest BCUT2D eigenvalue weighted by Gasteiger charge is 2.55. The van der Waals surface area contributed by atoms with Crippen LogP contribution in [0.1, 0.15) is 44.1 Å². The molecule has 3 amide bonds. The van der Waals surface area contributed by atoms with Crippen LogP contribution in [0.3, 0.4) is 0 Å². The number of alkyl halides is 2. The minimum absolute atomic E-state index is 0.0338. The van der Waals surface area contributed by atoms with Gasteiger partial charge >= 0.3 is 24.2 Å². The number of nitrogens with zero attached hydrogens (tertiary/aromatic N) is 4. The molecule has 0 spiro atoms. The van der Waals surface area contributed by atoms with Crippen molar-refractivity contribution in [3.05, 3.63) is 17.5 Å². The molecule has 11 nitrogen and oxygen atoms in total. The van der Waals surface area contributed by atoms with Crippen LogP contribution < -0.4 is 5.32 Å². The Morgan fingerprint density at radius 2 is 2.03 bits per heavy atom. The van der Waals surface area contributed by atoms with Crippen molar-refractivity contribution in [1.29, 1.82) is 0 Å². The van der Waals surface area contributed by atoms with Crippen LogP contribution in [0.4, 0.5) is 18.4 Å². The maximum absolute atomic E-state index is 13.6. The Labute approximate surface area is 164 Å². The SMILES string of the molecule is Cn1ncc2c1C(CNC(=O)OC(C)(C)C)N1C[C@H]2N(OC(F)(F)C(=O)O)C1=O. The first kappa shape index (κ1) is 20.8. The number of carboxylic acids is 1. The molecule has 13 heteroatoms. The summed E-state index contributed by atoms with van der Waals surface area (Å²) < 4.78 is 33.8. The maximum Gasteiger partial charge on any atom is 0.476 e. The Hall–Kier alpha value is -2.96. The molecule has 1 aromatic heterocycles. The minimum Gasteiger partial charge on any atom is -0.475 e. The van der Waals surface area contributed by atoms with E-state index < -0.39 is 41.9 Å². The number of alkyl carbamates (subject to hydrolysis) is 1. The number of halogens is 2. The zero-order valence-corrected chi connectivity index (χ0v) is 16.2. The van der Waals surface area contributed by atoms with E-state index >= 15 is 0 Å². The molecule has 3 heterocycles. The number of hydrogen-bond donors (Lipinski definition) is 2. The van der Waals surface area contributed by atoms with Gasteiger partial charge in [-0.25, -0.2) is 14.4 Å². The van der Waals surface area contributed by atoms with Crippen LogP contribution in [-0.4, -0.2) is 67.7 Å². The molecule has 1 unspecified atom stereocenters. The molecule has 2 atom stereocenters. The van der Waals surface area contributed by atoms with E-state index in [1.54, 1.807) is 27.8 Å². The van der Waals surface area contributed by atoms with Gasteiger partial charge in [0.15, 0.2) is 0 Å². The summed E-state index contributed by atoms with van der Waals surface area (Å²) in [5.74, 6) is -2.52. The van der Waals surface area contributed by atoms with E-state index in [0.717, 1.165) is 0 Å². The number of carboxylic acid groups (broad SMARTS) is 1. The third-order valence-corrected chi connectivity index (χ3v) is 4.45. The quantitative estimate of drug-likeness (QED) is 0.741. The van der Waals surface area contributed by atoms with Gasteiger partial charge in [0, 0.05) is 19.2 Å². The fraction of sp³-hybridized carbons (Fsp3) is 0.625. The Balaban J connectivity index is 1.85. The van der Waals surface area contributed by atoms with Gasteiger partial charge in [0.05, 0.1) is 24.5 Å². The summed E-state index contributed by atoms with van der Waals surface area (Å²) in [4.78, 5) is 40.8. The topological polar surface area (TPSA) is 126 Å². The van der Waals surface area contributed by atoms with Gasteiger partial charge in [0.2, 0.25) is 0 Å². The standard InChI is InChI=1S/C16H21F2N5O6/c1-15(2,3)28-13(26)19-6-9-11-8(5-20-21(11)4)10-7-22(9)14(27)23(10)29-16(17,18)12(24)25/h5,9-10H,6-7H2,1-4H3,(H,19,26)(H,24,25)/t9?,10-/m1/s1. The Bertz CT molecular complexity index is 851. The van der Waals surface area contributed by atoms with Gasteiger partial charge in [-0.05, 0) is 20.8 Å². The fourth-order valence-corrected chi connectivity index (χ4v) is 3.33. The van der Waals surface area contributed by atoms with Crippen molar-refractivity contribution in [2.45, 2.75) is 44.6 Å². The van der Waals surface area contributed by atoms with Crippen molar-refractivity contribution < 1.29 is 37.8 Å².